The van der Waals surface area contributed by atoms with Crippen molar-refractivity contribution in [1.82, 2.24) is 10.2 Å². The highest BCUT2D eigenvalue weighted by molar-refractivity contribution is 6.36. The molecule has 2 amide bonds. The van der Waals surface area contributed by atoms with Crippen LogP contribution in [-0.4, -0.2) is 29.3 Å². The Hall–Kier alpha value is -2.83. The lowest BCUT2D eigenvalue weighted by Gasteiger charge is -2.15. The molecular formula is C21H19Cl2N5O. The predicted octanol–water partition coefficient (Wildman–Crippen LogP) is 5.69. The normalized spacial score (nSPS) is 13.4. The summed E-state index contributed by atoms with van der Waals surface area (Å²) in [6.07, 6.45) is 2.41. The van der Waals surface area contributed by atoms with Crippen LogP contribution in [0.25, 0.3) is 11.3 Å². The van der Waals surface area contributed by atoms with E-state index in [1.807, 2.05) is 36.4 Å². The van der Waals surface area contributed by atoms with E-state index in [0.29, 0.717) is 21.4 Å². The summed E-state index contributed by atoms with van der Waals surface area (Å²) >= 11 is 11.9. The minimum atomic E-state index is -0.392. The van der Waals surface area contributed by atoms with E-state index < -0.39 is 6.03 Å². The number of anilines is 3. The van der Waals surface area contributed by atoms with Crippen LogP contribution >= 0.6 is 23.2 Å². The molecule has 0 saturated carbocycles. The maximum absolute atomic E-state index is 12.2. The molecule has 2 heterocycles. The third-order valence-corrected chi connectivity index (χ3v) is 5.25. The minimum Gasteiger partial charge on any atom is -0.355 e. The summed E-state index contributed by atoms with van der Waals surface area (Å²) in [6.45, 7) is 2.08. The lowest BCUT2D eigenvalue weighted by atomic mass is 10.1. The SMILES string of the molecule is O=C(Nc1ccc(-c2ccc(N3CCCC3)nn2)cc1)Nc1ccc(Cl)cc1Cl. The molecule has 1 aliphatic heterocycles. The van der Waals surface area contributed by atoms with Gasteiger partial charge < -0.3 is 15.5 Å². The minimum absolute atomic E-state index is 0.374. The lowest BCUT2D eigenvalue weighted by Crippen LogP contribution is -2.19. The molecule has 1 fully saturated rings. The molecule has 1 aromatic heterocycles. The number of nitrogens with zero attached hydrogens (tertiary/aromatic N) is 3. The van der Waals surface area contributed by atoms with Crippen molar-refractivity contribution in [1.29, 1.82) is 0 Å². The quantitative estimate of drug-likeness (QED) is 0.560. The van der Waals surface area contributed by atoms with Gasteiger partial charge in [0.2, 0.25) is 0 Å². The van der Waals surface area contributed by atoms with Gasteiger partial charge in [0.05, 0.1) is 16.4 Å². The summed E-state index contributed by atoms with van der Waals surface area (Å²) in [6, 6.07) is 15.9. The predicted molar refractivity (Wildman–Crippen MR) is 118 cm³/mol. The zero-order valence-electron chi connectivity index (χ0n) is 15.5. The van der Waals surface area contributed by atoms with Gasteiger partial charge in [-0.25, -0.2) is 4.79 Å². The number of hydrogen-bond acceptors (Lipinski definition) is 4. The molecule has 0 unspecified atom stereocenters. The highest BCUT2D eigenvalue weighted by Gasteiger charge is 2.14. The third kappa shape index (κ3) is 4.78. The number of halogens is 2. The van der Waals surface area contributed by atoms with E-state index in [-0.39, 0.29) is 0 Å². The Morgan fingerprint density at radius 2 is 1.66 bits per heavy atom. The Morgan fingerprint density at radius 3 is 2.31 bits per heavy atom. The number of amides is 2. The molecule has 0 radical (unpaired) electrons. The number of rotatable bonds is 4. The summed E-state index contributed by atoms with van der Waals surface area (Å²) in [4.78, 5) is 14.4. The first-order valence-corrected chi connectivity index (χ1v) is 10.1. The second-order valence-corrected chi connectivity index (χ2v) is 7.60. The van der Waals surface area contributed by atoms with Crippen molar-refractivity contribution in [2.75, 3.05) is 28.6 Å². The molecule has 3 aromatic rings. The summed E-state index contributed by atoms with van der Waals surface area (Å²) in [5.74, 6) is 0.919. The third-order valence-electron chi connectivity index (χ3n) is 4.70. The summed E-state index contributed by atoms with van der Waals surface area (Å²) in [5.41, 5.74) is 2.85. The van der Waals surface area contributed by atoms with Gasteiger partial charge >= 0.3 is 6.03 Å². The van der Waals surface area contributed by atoms with Crippen molar-refractivity contribution in [2.45, 2.75) is 12.8 Å². The number of nitrogens with one attached hydrogen (secondary N) is 2. The van der Waals surface area contributed by atoms with Crippen LogP contribution in [0.4, 0.5) is 22.0 Å². The Labute approximate surface area is 178 Å². The first kappa shape index (κ1) is 19.5. The first-order chi connectivity index (χ1) is 14.1. The van der Waals surface area contributed by atoms with Crippen molar-refractivity contribution < 1.29 is 4.79 Å². The molecule has 4 rings (SSSR count). The molecule has 29 heavy (non-hydrogen) atoms. The second-order valence-electron chi connectivity index (χ2n) is 6.75. The van der Waals surface area contributed by atoms with Crippen LogP contribution in [0.1, 0.15) is 12.8 Å². The highest BCUT2D eigenvalue weighted by Crippen LogP contribution is 2.26. The number of benzene rings is 2. The van der Waals surface area contributed by atoms with E-state index in [4.69, 9.17) is 23.2 Å². The van der Waals surface area contributed by atoms with Gasteiger partial charge in [-0.3, -0.25) is 0 Å². The van der Waals surface area contributed by atoms with Crippen LogP contribution in [0.5, 0.6) is 0 Å². The standard InChI is InChI=1S/C21H19Cl2N5O/c22-15-5-8-19(17(23)13-15)25-21(29)24-16-6-3-14(4-7-16)18-9-10-20(27-26-18)28-11-1-2-12-28/h3-10,13H,1-2,11-12H2,(H2,24,25,29). The fourth-order valence-corrected chi connectivity index (χ4v) is 3.65. The van der Waals surface area contributed by atoms with E-state index in [0.717, 1.165) is 30.2 Å². The molecule has 2 N–H and O–H groups in total. The molecule has 1 saturated heterocycles. The smallest absolute Gasteiger partial charge is 0.323 e. The lowest BCUT2D eigenvalue weighted by molar-refractivity contribution is 0.262. The molecule has 0 atom stereocenters. The Kier molecular flexibility index (Phi) is 5.83. The molecule has 0 aliphatic carbocycles. The maximum atomic E-state index is 12.2. The molecular weight excluding hydrogens is 409 g/mol. The monoisotopic (exact) mass is 427 g/mol. The molecule has 1 aliphatic rings. The van der Waals surface area contributed by atoms with Crippen molar-refractivity contribution >= 4 is 46.4 Å². The van der Waals surface area contributed by atoms with Gasteiger partial charge in [0, 0.05) is 29.4 Å². The van der Waals surface area contributed by atoms with E-state index >= 15 is 0 Å². The number of carbonyl (C=O) groups excluding carboxylic acids is 1. The fraction of sp³-hybridized carbons (Fsp3) is 0.190. The van der Waals surface area contributed by atoms with Gasteiger partial charge in [-0.05, 0) is 55.3 Å². The number of aromatic nitrogens is 2. The van der Waals surface area contributed by atoms with Gasteiger partial charge in [-0.1, -0.05) is 35.3 Å². The topological polar surface area (TPSA) is 70.2 Å². The van der Waals surface area contributed by atoms with E-state index in [1.54, 1.807) is 18.2 Å². The molecule has 6 nitrogen and oxygen atoms in total. The van der Waals surface area contributed by atoms with Crippen LogP contribution in [-0.2, 0) is 0 Å². The molecule has 148 valence electrons. The van der Waals surface area contributed by atoms with E-state index in [9.17, 15) is 4.79 Å². The van der Waals surface area contributed by atoms with Gasteiger partial charge in [0.1, 0.15) is 0 Å². The second kappa shape index (κ2) is 8.68. The number of urea groups is 1. The Bertz CT molecular complexity index is 1000. The summed E-state index contributed by atoms with van der Waals surface area (Å²) < 4.78 is 0. The van der Waals surface area contributed by atoms with E-state index in [1.165, 1.54) is 12.8 Å². The Balaban J connectivity index is 1.39. The van der Waals surface area contributed by atoms with E-state index in [2.05, 4.69) is 25.7 Å². The number of carbonyl (C=O) groups is 1. The van der Waals surface area contributed by atoms with Gasteiger partial charge in [0.15, 0.2) is 5.82 Å². The Morgan fingerprint density at radius 1 is 0.897 bits per heavy atom. The summed E-state index contributed by atoms with van der Waals surface area (Å²) in [5, 5.41) is 15.0. The molecule has 0 spiro atoms. The van der Waals surface area contributed by atoms with Gasteiger partial charge in [-0.2, -0.15) is 0 Å². The van der Waals surface area contributed by atoms with Crippen molar-refractivity contribution in [3.63, 3.8) is 0 Å². The van der Waals surface area contributed by atoms with Crippen LogP contribution in [0.15, 0.2) is 54.6 Å². The zero-order chi connectivity index (χ0) is 20.2. The van der Waals surface area contributed by atoms with Crippen LogP contribution < -0.4 is 15.5 Å². The largest absolute Gasteiger partial charge is 0.355 e. The maximum Gasteiger partial charge on any atom is 0.323 e. The summed E-state index contributed by atoms with van der Waals surface area (Å²) in [7, 11) is 0. The fourth-order valence-electron chi connectivity index (χ4n) is 3.19. The molecule has 2 aromatic carbocycles. The van der Waals surface area contributed by atoms with Gasteiger partial charge in [-0.15, -0.1) is 10.2 Å². The number of hydrogen-bond donors (Lipinski definition) is 2. The molecule has 8 heteroatoms. The van der Waals surface area contributed by atoms with Gasteiger partial charge in [0.25, 0.3) is 0 Å². The highest BCUT2D eigenvalue weighted by atomic mass is 35.5. The zero-order valence-corrected chi connectivity index (χ0v) is 17.0. The average Bonchev–Trinajstić information content (AvgIpc) is 3.26. The molecule has 0 bridgehead atoms. The van der Waals surface area contributed by atoms with Crippen molar-refractivity contribution in [2.24, 2.45) is 0 Å². The average molecular weight is 428 g/mol. The first-order valence-electron chi connectivity index (χ1n) is 9.31. The van der Waals surface area contributed by atoms with Crippen molar-refractivity contribution in [3.8, 4) is 11.3 Å². The van der Waals surface area contributed by atoms with Crippen LogP contribution in [0.3, 0.4) is 0 Å². The van der Waals surface area contributed by atoms with Crippen LogP contribution in [0, 0.1) is 0 Å². The van der Waals surface area contributed by atoms with Crippen molar-refractivity contribution in [3.05, 3.63) is 64.6 Å². The van der Waals surface area contributed by atoms with Crippen LogP contribution in [0.2, 0.25) is 10.0 Å².